The van der Waals surface area contributed by atoms with Gasteiger partial charge in [-0.2, -0.15) is 0 Å². The third-order valence-corrected chi connectivity index (χ3v) is 0. The average Bonchev–Trinajstić information content (AvgIpc) is 0.811. The maximum atomic E-state index is 9.11. The molecule has 0 saturated heterocycles. The van der Waals surface area contributed by atoms with Crippen LogP contribution in [-0.4, -0.2) is 52.8 Å². The Kier molecular flexibility index (Phi) is 10.3. The molecular weight excluding hydrogens is 116 g/mol. The van der Waals surface area contributed by atoms with E-state index in [1.54, 1.807) is 0 Å². The predicted octanol–water partition coefficient (Wildman–Crippen LogP) is -0.543. The van der Waals surface area contributed by atoms with Crippen LogP contribution in [0.25, 0.3) is 0 Å². The zero-order valence-corrected chi connectivity index (χ0v) is 6.00. The third kappa shape index (κ3) is 32.5. The van der Waals surface area contributed by atoms with E-state index in [0.717, 1.165) is 0 Å². The molecule has 1 atom stereocenters. The van der Waals surface area contributed by atoms with Crippen molar-refractivity contribution in [3.8, 4) is 0 Å². The molecule has 0 aliphatic heterocycles. The first kappa shape index (κ1) is 9.62. The van der Waals surface area contributed by atoms with Crippen LogP contribution in [0.4, 0.5) is 0 Å². The summed E-state index contributed by atoms with van der Waals surface area (Å²) < 4.78 is 16.6. The monoisotopic (exact) mass is 120 g/mol. The molecule has 0 fully saturated rings. The molecule has 2 radical (unpaired) electrons. The van der Waals surface area contributed by atoms with Crippen LogP contribution < -0.4 is 0 Å². The summed E-state index contributed by atoms with van der Waals surface area (Å²) in [5, 5.41) is 0. The van der Waals surface area contributed by atoms with Gasteiger partial charge in [0.15, 0.2) is 0 Å². The van der Waals surface area contributed by atoms with Gasteiger partial charge in [0.05, 0.1) is 0 Å². The maximum Gasteiger partial charge on any atom is 0.149 e. The fraction of sp³-hybridized carbons (Fsp3) is 1.00. The zero-order valence-electron chi connectivity index (χ0n) is 2.97. The van der Waals surface area contributed by atoms with Gasteiger partial charge in [0.2, 0.25) is 0 Å². The molecule has 5 heavy (non-hydrogen) atoms. The summed E-state index contributed by atoms with van der Waals surface area (Å²) >= 11 is -1.61. The van der Waals surface area contributed by atoms with Gasteiger partial charge in [0, 0.05) is 44.0 Å². The molecule has 0 spiro atoms. The molecule has 1 N–H and O–H groups in total. The second kappa shape index (κ2) is 5.37. The van der Waals surface area contributed by atoms with Crippen molar-refractivity contribution in [1.82, 2.24) is 0 Å². The molecule has 0 saturated carbocycles. The molecule has 0 aliphatic carbocycles. The van der Waals surface area contributed by atoms with Crippen molar-refractivity contribution in [3.05, 3.63) is 0 Å². The topological polar surface area (TPSA) is 37.3 Å². The van der Waals surface area contributed by atoms with Crippen LogP contribution in [0.1, 0.15) is 0 Å². The first-order valence-electron chi connectivity index (χ1n) is 0.757. The SMILES string of the molecule is CS(=O)O.[Ca]. The van der Waals surface area contributed by atoms with Crippen LogP contribution in [-0.2, 0) is 11.1 Å². The van der Waals surface area contributed by atoms with E-state index >= 15 is 0 Å². The van der Waals surface area contributed by atoms with Crippen molar-refractivity contribution in [3.63, 3.8) is 0 Å². The van der Waals surface area contributed by atoms with Gasteiger partial charge < -0.3 is 4.55 Å². The van der Waals surface area contributed by atoms with Crippen molar-refractivity contribution in [2.45, 2.75) is 0 Å². The quantitative estimate of drug-likeness (QED) is 0.344. The minimum Gasteiger partial charge on any atom is -0.306 e. The van der Waals surface area contributed by atoms with Crippen molar-refractivity contribution in [2.24, 2.45) is 0 Å². The molecule has 28 valence electrons. The molecule has 4 heteroatoms. The van der Waals surface area contributed by atoms with Gasteiger partial charge in [-0.3, -0.25) is 0 Å². The summed E-state index contributed by atoms with van der Waals surface area (Å²) in [6, 6.07) is 0. The summed E-state index contributed by atoms with van der Waals surface area (Å²) in [6.07, 6.45) is 1.19. The summed E-state index contributed by atoms with van der Waals surface area (Å²) in [5.41, 5.74) is 0. The van der Waals surface area contributed by atoms with E-state index in [4.69, 9.17) is 8.76 Å². The summed E-state index contributed by atoms with van der Waals surface area (Å²) in [7, 11) is 0. The van der Waals surface area contributed by atoms with Crippen molar-refractivity contribution in [1.29, 1.82) is 0 Å². The second-order valence-corrected chi connectivity index (χ2v) is 1.27. The van der Waals surface area contributed by atoms with Crippen molar-refractivity contribution in [2.75, 3.05) is 6.26 Å². The Hall–Kier alpha value is 1.37. The molecule has 0 aromatic heterocycles. The summed E-state index contributed by atoms with van der Waals surface area (Å²) in [4.78, 5) is 0. The molecule has 2 nitrogen and oxygen atoms in total. The Bertz CT molecular complexity index is 32.6. The van der Waals surface area contributed by atoms with Gasteiger partial charge in [-0.1, -0.05) is 0 Å². The minimum atomic E-state index is -1.61. The van der Waals surface area contributed by atoms with Gasteiger partial charge in [0.1, 0.15) is 11.1 Å². The largest absolute Gasteiger partial charge is 0.306 e. The van der Waals surface area contributed by atoms with E-state index in [1.807, 2.05) is 0 Å². The molecule has 0 rings (SSSR count). The molecule has 0 aromatic carbocycles. The first-order chi connectivity index (χ1) is 1.73. The number of hydrogen-bond donors (Lipinski definition) is 1. The molecule has 0 aliphatic rings. The number of rotatable bonds is 0. The Balaban J connectivity index is 0. The van der Waals surface area contributed by atoms with Crippen molar-refractivity contribution >= 4 is 48.8 Å². The predicted molar refractivity (Wildman–Crippen MR) is 22.4 cm³/mol. The van der Waals surface area contributed by atoms with Gasteiger partial charge in [-0.15, -0.1) is 0 Å². The van der Waals surface area contributed by atoms with Crippen LogP contribution in [0.3, 0.4) is 0 Å². The van der Waals surface area contributed by atoms with E-state index in [0.29, 0.717) is 0 Å². The van der Waals surface area contributed by atoms with Crippen molar-refractivity contribution < 1.29 is 8.76 Å². The smallest absolute Gasteiger partial charge is 0.149 e. The zero-order chi connectivity index (χ0) is 3.58. The third-order valence-electron chi connectivity index (χ3n) is 0. The first-order valence-corrected chi connectivity index (χ1v) is 2.27. The van der Waals surface area contributed by atoms with E-state index in [1.165, 1.54) is 6.26 Å². The Morgan fingerprint density at radius 2 is 1.80 bits per heavy atom. The molecule has 0 bridgehead atoms. The Morgan fingerprint density at radius 1 is 1.80 bits per heavy atom. The van der Waals surface area contributed by atoms with E-state index in [2.05, 4.69) is 0 Å². The van der Waals surface area contributed by atoms with E-state index < -0.39 is 11.1 Å². The van der Waals surface area contributed by atoms with Crippen LogP contribution in [0, 0.1) is 0 Å². The van der Waals surface area contributed by atoms with Crippen LogP contribution in [0.2, 0.25) is 0 Å². The van der Waals surface area contributed by atoms with Gasteiger partial charge in [-0.25, -0.2) is 4.21 Å². The maximum absolute atomic E-state index is 9.11. The molecule has 1 unspecified atom stereocenters. The fourth-order valence-corrected chi connectivity index (χ4v) is 0. The van der Waals surface area contributed by atoms with Crippen LogP contribution >= 0.6 is 0 Å². The van der Waals surface area contributed by atoms with Crippen LogP contribution in [0.15, 0.2) is 0 Å². The molecular formula is CH4CaO2S. The average molecular weight is 120 g/mol. The Labute approximate surface area is 63.2 Å². The van der Waals surface area contributed by atoms with Crippen LogP contribution in [0.5, 0.6) is 0 Å². The Morgan fingerprint density at radius 3 is 1.80 bits per heavy atom. The van der Waals surface area contributed by atoms with Gasteiger partial charge in [-0.05, 0) is 0 Å². The number of hydrogen-bond acceptors (Lipinski definition) is 1. The second-order valence-electron chi connectivity index (χ2n) is 0.424. The normalized spacial score (nSPS) is 12.4. The summed E-state index contributed by atoms with van der Waals surface area (Å²) in [5.74, 6) is 0. The fourth-order valence-electron chi connectivity index (χ4n) is 0. The molecule has 0 aromatic rings. The molecule has 0 heterocycles. The minimum absolute atomic E-state index is 0. The standard InChI is InChI=1S/CH4O2S.Ca/c1-4(2)3;/h1H3,(H,2,3);. The van der Waals surface area contributed by atoms with E-state index in [9.17, 15) is 0 Å². The van der Waals surface area contributed by atoms with Gasteiger partial charge in [0.25, 0.3) is 0 Å². The van der Waals surface area contributed by atoms with E-state index in [-0.39, 0.29) is 37.7 Å². The molecule has 0 amide bonds. The van der Waals surface area contributed by atoms with Gasteiger partial charge >= 0.3 is 0 Å². The summed E-state index contributed by atoms with van der Waals surface area (Å²) in [6.45, 7) is 0.